The average molecular weight is 345 g/mol. The van der Waals surface area contributed by atoms with Gasteiger partial charge in [-0.25, -0.2) is 4.39 Å². The second-order valence-corrected chi connectivity index (χ2v) is 4.72. The van der Waals surface area contributed by atoms with Crippen LogP contribution in [0.3, 0.4) is 0 Å². The van der Waals surface area contributed by atoms with Crippen LogP contribution in [-0.2, 0) is 0 Å². The predicted molar refractivity (Wildman–Crippen MR) is 70.6 cm³/mol. The van der Waals surface area contributed by atoms with Crippen LogP contribution in [0.4, 0.5) is 13.2 Å². The Bertz CT molecular complexity index is 644. The summed E-state index contributed by atoms with van der Waals surface area (Å²) in [7, 11) is 0. The zero-order chi connectivity index (χ0) is 14.7. The van der Waals surface area contributed by atoms with Crippen LogP contribution in [-0.4, -0.2) is 12.4 Å². The molecule has 0 atom stereocenters. The van der Waals surface area contributed by atoms with Crippen LogP contribution in [0.15, 0.2) is 46.9 Å². The van der Waals surface area contributed by atoms with Gasteiger partial charge in [0, 0.05) is 11.1 Å². The molecule has 0 unspecified atom stereocenters. The van der Waals surface area contributed by atoms with E-state index in [4.69, 9.17) is 0 Å². The summed E-state index contributed by atoms with van der Waals surface area (Å²) in [4.78, 5) is 12.1. The smallest absolute Gasteiger partial charge is 0.387 e. The van der Waals surface area contributed by atoms with Crippen molar-refractivity contribution in [3.63, 3.8) is 0 Å². The summed E-state index contributed by atoms with van der Waals surface area (Å²) < 4.78 is 41.8. The van der Waals surface area contributed by atoms with Gasteiger partial charge in [-0.15, -0.1) is 0 Å². The number of carbonyl (C=O) groups excluding carboxylic acids is 1. The molecule has 0 saturated carbocycles. The topological polar surface area (TPSA) is 26.3 Å². The van der Waals surface area contributed by atoms with E-state index < -0.39 is 18.2 Å². The second kappa shape index (κ2) is 6.09. The fourth-order valence-electron chi connectivity index (χ4n) is 1.63. The molecule has 0 aliphatic rings. The molecule has 0 amide bonds. The van der Waals surface area contributed by atoms with E-state index in [1.165, 1.54) is 36.4 Å². The number of ketones is 1. The highest BCUT2D eigenvalue weighted by Crippen LogP contribution is 2.28. The van der Waals surface area contributed by atoms with Gasteiger partial charge in [0.15, 0.2) is 5.78 Å². The van der Waals surface area contributed by atoms with Gasteiger partial charge in [-0.3, -0.25) is 4.79 Å². The zero-order valence-corrected chi connectivity index (χ0v) is 11.5. The average Bonchev–Trinajstić information content (AvgIpc) is 2.40. The Labute approximate surface area is 121 Å². The lowest BCUT2D eigenvalue weighted by molar-refractivity contribution is -0.0503. The molecule has 0 spiro atoms. The molecule has 0 radical (unpaired) electrons. The van der Waals surface area contributed by atoms with Crippen LogP contribution in [0.5, 0.6) is 5.75 Å². The Hall–Kier alpha value is -1.82. The summed E-state index contributed by atoms with van der Waals surface area (Å²) in [5, 5.41) is 0. The molecule has 6 heteroatoms. The number of benzene rings is 2. The van der Waals surface area contributed by atoms with Crippen LogP contribution in [0.2, 0.25) is 0 Å². The molecule has 0 saturated heterocycles. The molecule has 0 aliphatic carbocycles. The van der Waals surface area contributed by atoms with Crippen LogP contribution in [0.1, 0.15) is 15.9 Å². The fraction of sp³-hybridized carbons (Fsp3) is 0.0714. The quantitative estimate of drug-likeness (QED) is 0.767. The summed E-state index contributed by atoms with van der Waals surface area (Å²) >= 11 is 3.05. The number of ether oxygens (including phenoxy) is 1. The summed E-state index contributed by atoms with van der Waals surface area (Å²) in [5.74, 6) is -1.00. The molecule has 20 heavy (non-hydrogen) atoms. The molecule has 2 aromatic rings. The van der Waals surface area contributed by atoms with Crippen molar-refractivity contribution >= 4 is 21.7 Å². The largest absolute Gasteiger partial charge is 0.434 e. The second-order valence-electron chi connectivity index (χ2n) is 3.86. The van der Waals surface area contributed by atoms with E-state index >= 15 is 0 Å². The van der Waals surface area contributed by atoms with E-state index in [0.29, 0.717) is 0 Å². The SMILES string of the molecule is O=C(c1cccc(F)c1)c1ccc(OC(F)F)c(Br)c1. The standard InChI is InChI=1S/C14H8BrF3O2/c15-11-7-9(4-5-12(11)20-14(17)18)13(19)8-2-1-3-10(16)6-8/h1-7,14H. The molecule has 0 aliphatic heterocycles. The van der Waals surface area contributed by atoms with Gasteiger partial charge in [0.05, 0.1) is 4.47 Å². The zero-order valence-electron chi connectivity index (χ0n) is 9.95. The summed E-state index contributed by atoms with van der Waals surface area (Å²) in [6, 6.07) is 9.18. The van der Waals surface area contributed by atoms with Crippen molar-refractivity contribution in [2.24, 2.45) is 0 Å². The molecule has 2 aromatic carbocycles. The monoisotopic (exact) mass is 344 g/mol. The van der Waals surface area contributed by atoms with Crippen molar-refractivity contribution in [1.82, 2.24) is 0 Å². The fourth-order valence-corrected chi connectivity index (χ4v) is 2.10. The summed E-state index contributed by atoms with van der Waals surface area (Å²) in [6.45, 7) is -2.95. The molecule has 2 rings (SSSR count). The Morgan fingerprint density at radius 3 is 2.40 bits per heavy atom. The van der Waals surface area contributed by atoms with E-state index in [1.807, 2.05) is 0 Å². The lowest BCUT2D eigenvalue weighted by Crippen LogP contribution is -2.05. The third-order valence-corrected chi connectivity index (χ3v) is 3.12. The first-order valence-electron chi connectivity index (χ1n) is 5.52. The third kappa shape index (κ3) is 3.39. The first-order valence-corrected chi connectivity index (χ1v) is 6.31. The van der Waals surface area contributed by atoms with Crippen LogP contribution < -0.4 is 4.74 Å². The number of alkyl halides is 2. The minimum atomic E-state index is -2.95. The molecule has 104 valence electrons. The van der Waals surface area contributed by atoms with Crippen molar-refractivity contribution in [2.75, 3.05) is 0 Å². The van der Waals surface area contributed by atoms with E-state index in [9.17, 15) is 18.0 Å². The Balaban J connectivity index is 2.30. The Morgan fingerprint density at radius 1 is 1.10 bits per heavy atom. The van der Waals surface area contributed by atoms with Gasteiger partial charge in [-0.1, -0.05) is 12.1 Å². The van der Waals surface area contributed by atoms with Crippen LogP contribution in [0, 0.1) is 5.82 Å². The van der Waals surface area contributed by atoms with Crippen molar-refractivity contribution < 1.29 is 22.7 Å². The maximum atomic E-state index is 13.1. The van der Waals surface area contributed by atoms with Crippen molar-refractivity contribution in [3.8, 4) is 5.75 Å². The first-order chi connectivity index (χ1) is 9.47. The third-order valence-electron chi connectivity index (χ3n) is 2.50. The van der Waals surface area contributed by atoms with Gasteiger partial charge in [0.1, 0.15) is 11.6 Å². The summed E-state index contributed by atoms with van der Waals surface area (Å²) in [5.41, 5.74) is 0.420. The normalized spacial score (nSPS) is 10.7. The Morgan fingerprint density at radius 2 is 1.80 bits per heavy atom. The van der Waals surface area contributed by atoms with E-state index in [-0.39, 0.29) is 21.3 Å². The molecule has 0 fully saturated rings. The molecule has 0 N–H and O–H groups in total. The van der Waals surface area contributed by atoms with Gasteiger partial charge in [-0.05, 0) is 46.3 Å². The van der Waals surface area contributed by atoms with Crippen molar-refractivity contribution in [2.45, 2.75) is 6.61 Å². The lowest BCUT2D eigenvalue weighted by Gasteiger charge is -2.08. The maximum absolute atomic E-state index is 13.1. The number of rotatable bonds is 4. The molecular formula is C14H8BrF3O2. The van der Waals surface area contributed by atoms with Crippen LogP contribution in [0.25, 0.3) is 0 Å². The minimum Gasteiger partial charge on any atom is -0.434 e. The minimum absolute atomic E-state index is 0.0733. The molecule has 0 heterocycles. The highest BCUT2D eigenvalue weighted by atomic mass is 79.9. The number of hydrogen-bond donors (Lipinski definition) is 0. The van der Waals surface area contributed by atoms with E-state index in [2.05, 4.69) is 20.7 Å². The Kier molecular flexibility index (Phi) is 4.44. The molecule has 2 nitrogen and oxygen atoms in total. The van der Waals surface area contributed by atoms with E-state index in [0.717, 1.165) is 6.07 Å². The maximum Gasteiger partial charge on any atom is 0.387 e. The van der Waals surface area contributed by atoms with E-state index in [1.54, 1.807) is 0 Å². The van der Waals surface area contributed by atoms with Gasteiger partial charge < -0.3 is 4.74 Å². The van der Waals surface area contributed by atoms with Crippen molar-refractivity contribution in [3.05, 3.63) is 63.9 Å². The van der Waals surface area contributed by atoms with Gasteiger partial charge in [0.25, 0.3) is 0 Å². The lowest BCUT2D eigenvalue weighted by atomic mass is 10.0. The van der Waals surface area contributed by atoms with Crippen LogP contribution >= 0.6 is 15.9 Å². The van der Waals surface area contributed by atoms with Crippen molar-refractivity contribution in [1.29, 1.82) is 0 Å². The first kappa shape index (κ1) is 14.6. The number of halogens is 4. The highest BCUT2D eigenvalue weighted by molar-refractivity contribution is 9.10. The summed E-state index contributed by atoms with van der Waals surface area (Å²) in [6.07, 6.45) is 0. The molecular weight excluding hydrogens is 337 g/mol. The molecule has 0 bridgehead atoms. The number of hydrogen-bond acceptors (Lipinski definition) is 2. The van der Waals surface area contributed by atoms with Gasteiger partial charge in [0.2, 0.25) is 0 Å². The number of carbonyl (C=O) groups is 1. The highest BCUT2D eigenvalue weighted by Gasteiger charge is 2.14. The predicted octanol–water partition coefficient (Wildman–Crippen LogP) is 4.42. The molecule has 0 aromatic heterocycles. The van der Waals surface area contributed by atoms with Gasteiger partial charge in [-0.2, -0.15) is 8.78 Å². The van der Waals surface area contributed by atoms with Gasteiger partial charge >= 0.3 is 6.61 Å².